The third-order valence-corrected chi connectivity index (χ3v) is 6.42. The molecule has 0 atom stereocenters. The van der Waals surface area contributed by atoms with Crippen LogP contribution in [0.1, 0.15) is 27.6 Å². The van der Waals surface area contributed by atoms with Crippen molar-refractivity contribution >= 4 is 11.6 Å². The van der Waals surface area contributed by atoms with E-state index in [9.17, 15) is 9.18 Å². The van der Waals surface area contributed by atoms with E-state index in [1.54, 1.807) is 35.5 Å². The SMILES string of the molecule is Cc1cc(Cn2nnc(C(=O)Nc3ccc(F)c(-c4cn(-c5ccccc5-c5ccccc5)nn4)c3)c2C)no1. The first-order chi connectivity index (χ1) is 19.5. The summed E-state index contributed by atoms with van der Waals surface area (Å²) in [5.41, 5.74) is 5.05. The van der Waals surface area contributed by atoms with Crippen molar-refractivity contribution in [2.45, 2.75) is 20.4 Å². The molecule has 198 valence electrons. The van der Waals surface area contributed by atoms with Crippen molar-refractivity contribution in [3.8, 4) is 28.1 Å². The van der Waals surface area contributed by atoms with Gasteiger partial charge in [-0.25, -0.2) is 13.8 Å². The van der Waals surface area contributed by atoms with Crippen molar-refractivity contribution < 1.29 is 13.7 Å². The molecule has 1 N–H and O–H groups in total. The number of para-hydroxylation sites is 1. The molecule has 0 spiro atoms. The van der Waals surface area contributed by atoms with Crippen LogP contribution in [0, 0.1) is 19.7 Å². The summed E-state index contributed by atoms with van der Waals surface area (Å²) >= 11 is 0. The van der Waals surface area contributed by atoms with Gasteiger partial charge in [-0.1, -0.05) is 64.1 Å². The molecule has 6 rings (SSSR count). The van der Waals surface area contributed by atoms with Crippen LogP contribution in [0.2, 0.25) is 0 Å². The summed E-state index contributed by atoms with van der Waals surface area (Å²) in [6, 6.07) is 23.7. The van der Waals surface area contributed by atoms with Gasteiger partial charge in [0.1, 0.15) is 23.0 Å². The summed E-state index contributed by atoms with van der Waals surface area (Å²) in [6.45, 7) is 3.85. The summed E-state index contributed by atoms with van der Waals surface area (Å²) in [5.74, 6) is -0.289. The van der Waals surface area contributed by atoms with Crippen molar-refractivity contribution in [2.24, 2.45) is 0 Å². The van der Waals surface area contributed by atoms with E-state index in [1.807, 2.05) is 54.6 Å². The second kappa shape index (κ2) is 10.4. The molecular formula is C29H23FN8O2. The summed E-state index contributed by atoms with van der Waals surface area (Å²) in [4.78, 5) is 13.0. The van der Waals surface area contributed by atoms with Crippen LogP contribution < -0.4 is 5.32 Å². The fourth-order valence-electron chi connectivity index (χ4n) is 4.40. The van der Waals surface area contributed by atoms with Gasteiger partial charge in [0.05, 0.1) is 24.1 Å². The van der Waals surface area contributed by atoms with Crippen molar-refractivity contribution in [2.75, 3.05) is 5.32 Å². The van der Waals surface area contributed by atoms with E-state index < -0.39 is 11.7 Å². The van der Waals surface area contributed by atoms with E-state index in [1.165, 1.54) is 18.2 Å². The maximum Gasteiger partial charge on any atom is 0.278 e. The summed E-state index contributed by atoms with van der Waals surface area (Å²) in [7, 11) is 0. The maximum absolute atomic E-state index is 14.9. The Hall–Kier alpha value is -5.45. The van der Waals surface area contributed by atoms with Crippen LogP contribution in [0.5, 0.6) is 0 Å². The highest BCUT2D eigenvalue weighted by atomic mass is 19.1. The van der Waals surface area contributed by atoms with Crippen LogP contribution in [0.3, 0.4) is 0 Å². The van der Waals surface area contributed by atoms with Crippen LogP contribution in [0.15, 0.2) is 89.6 Å². The third kappa shape index (κ3) is 4.87. The molecular weight excluding hydrogens is 511 g/mol. The molecule has 0 fully saturated rings. The zero-order chi connectivity index (χ0) is 27.6. The molecule has 0 saturated heterocycles. The first-order valence-electron chi connectivity index (χ1n) is 12.5. The molecule has 3 aromatic carbocycles. The number of aromatic nitrogens is 7. The van der Waals surface area contributed by atoms with Gasteiger partial charge < -0.3 is 9.84 Å². The van der Waals surface area contributed by atoms with E-state index in [0.717, 1.165) is 16.8 Å². The average molecular weight is 535 g/mol. The lowest BCUT2D eigenvalue weighted by Crippen LogP contribution is -2.14. The van der Waals surface area contributed by atoms with Crippen LogP contribution in [0.25, 0.3) is 28.1 Å². The van der Waals surface area contributed by atoms with Crippen LogP contribution in [0.4, 0.5) is 10.1 Å². The fourth-order valence-corrected chi connectivity index (χ4v) is 4.40. The number of nitrogens with one attached hydrogen (secondary N) is 1. The number of benzene rings is 3. The molecule has 10 nitrogen and oxygen atoms in total. The Labute approximate surface area is 228 Å². The van der Waals surface area contributed by atoms with Gasteiger partial charge in [0.25, 0.3) is 5.91 Å². The largest absolute Gasteiger partial charge is 0.361 e. The van der Waals surface area contributed by atoms with Gasteiger partial charge in [0, 0.05) is 22.9 Å². The molecule has 3 aromatic heterocycles. The monoisotopic (exact) mass is 534 g/mol. The van der Waals surface area contributed by atoms with E-state index >= 15 is 0 Å². The van der Waals surface area contributed by atoms with Gasteiger partial charge in [-0.3, -0.25) is 4.79 Å². The van der Waals surface area contributed by atoms with Crippen LogP contribution >= 0.6 is 0 Å². The molecule has 0 unspecified atom stereocenters. The predicted molar refractivity (Wildman–Crippen MR) is 145 cm³/mol. The van der Waals surface area contributed by atoms with Gasteiger partial charge in [-0.2, -0.15) is 0 Å². The minimum absolute atomic E-state index is 0.148. The second-order valence-corrected chi connectivity index (χ2v) is 9.19. The Bertz CT molecular complexity index is 1820. The molecule has 0 aliphatic carbocycles. The molecule has 40 heavy (non-hydrogen) atoms. The molecule has 3 heterocycles. The van der Waals surface area contributed by atoms with Crippen LogP contribution in [-0.4, -0.2) is 41.1 Å². The van der Waals surface area contributed by atoms with E-state index in [2.05, 4.69) is 31.1 Å². The zero-order valence-corrected chi connectivity index (χ0v) is 21.6. The number of carbonyl (C=O) groups is 1. The third-order valence-electron chi connectivity index (χ3n) is 6.42. The number of hydrogen-bond acceptors (Lipinski definition) is 7. The summed E-state index contributed by atoms with van der Waals surface area (Å²) < 4.78 is 23.2. The van der Waals surface area contributed by atoms with E-state index in [0.29, 0.717) is 35.1 Å². The minimum Gasteiger partial charge on any atom is -0.361 e. The number of amides is 1. The molecule has 0 bridgehead atoms. The molecule has 0 saturated carbocycles. The predicted octanol–water partition coefficient (Wildman–Crippen LogP) is 5.24. The number of halogens is 1. The summed E-state index contributed by atoms with van der Waals surface area (Å²) in [6.07, 6.45) is 1.66. The van der Waals surface area contributed by atoms with E-state index in [-0.39, 0.29) is 11.3 Å². The maximum atomic E-state index is 14.9. The summed E-state index contributed by atoms with van der Waals surface area (Å²) in [5, 5.41) is 23.3. The van der Waals surface area contributed by atoms with Crippen molar-refractivity contribution in [3.05, 3.63) is 114 Å². The quantitative estimate of drug-likeness (QED) is 0.298. The molecule has 11 heteroatoms. The smallest absolute Gasteiger partial charge is 0.278 e. The number of rotatable bonds is 7. The van der Waals surface area contributed by atoms with Gasteiger partial charge in [0.2, 0.25) is 0 Å². The highest BCUT2D eigenvalue weighted by molar-refractivity contribution is 6.03. The topological polar surface area (TPSA) is 117 Å². The molecule has 6 aromatic rings. The fraction of sp³-hybridized carbons (Fsp3) is 0.103. The lowest BCUT2D eigenvalue weighted by atomic mass is 10.0. The normalized spacial score (nSPS) is 11.1. The van der Waals surface area contributed by atoms with Crippen LogP contribution in [-0.2, 0) is 6.54 Å². The highest BCUT2D eigenvalue weighted by Crippen LogP contribution is 2.29. The lowest BCUT2D eigenvalue weighted by Gasteiger charge is -2.09. The Kier molecular flexibility index (Phi) is 6.44. The molecule has 0 radical (unpaired) electrons. The highest BCUT2D eigenvalue weighted by Gasteiger charge is 2.19. The van der Waals surface area contributed by atoms with Crippen molar-refractivity contribution in [3.63, 3.8) is 0 Å². The number of hydrogen-bond donors (Lipinski definition) is 1. The van der Waals surface area contributed by atoms with Gasteiger partial charge in [-0.05, 0) is 43.7 Å². The van der Waals surface area contributed by atoms with Gasteiger partial charge in [0.15, 0.2) is 5.69 Å². The Balaban J connectivity index is 1.24. The Morgan fingerprint density at radius 2 is 1.73 bits per heavy atom. The zero-order valence-electron chi connectivity index (χ0n) is 21.6. The molecule has 0 aliphatic rings. The van der Waals surface area contributed by atoms with E-state index in [4.69, 9.17) is 4.52 Å². The number of nitrogens with zero attached hydrogens (tertiary/aromatic N) is 7. The number of aryl methyl sites for hydroxylation is 1. The first-order valence-corrected chi connectivity index (χ1v) is 12.5. The second-order valence-electron chi connectivity index (χ2n) is 9.19. The molecule has 0 aliphatic heterocycles. The van der Waals surface area contributed by atoms with Gasteiger partial charge >= 0.3 is 0 Å². The number of anilines is 1. The Morgan fingerprint density at radius 3 is 2.52 bits per heavy atom. The van der Waals surface area contributed by atoms with Crippen molar-refractivity contribution in [1.82, 2.24) is 35.1 Å². The minimum atomic E-state index is -0.494. The average Bonchev–Trinajstić information content (AvgIpc) is 3.71. The van der Waals surface area contributed by atoms with Gasteiger partial charge in [-0.15, -0.1) is 10.2 Å². The lowest BCUT2D eigenvalue weighted by molar-refractivity contribution is 0.102. The standard InChI is InChI=1S/C29H23FN8O2/c1-18-14-22(34-40-18)16-37-19(2)28(33-36-37)29(39)31-21-12-13-25(30)24(15-21)26-17-38(35-32-26)27-11-7-6-10-23(27)20-8-4-3-5-9-20/h3-15,17H,16H2,1-2H3,(H,31,39). The first kappa shape index (κ1) is 24.9. The number of carbonyl (C=O) groups excluding carboxylic acids is 1. The van der Waals surface area contributed by atoms with Crippen molar-refractivity contribution in [1.29, 1.82) is 0 Å². The Morgan fingerprint density at radius 1 is 0.925 bits per heavy atom. The molecule has 1 amide bonds.